The van der Waals surface area contributed by atoms with Crippen molar-refractivity contribution >= 4 is 11.8 Å². The van der Waals surface area contributed by atoms with Crippen molar-refractivity contribution in [3.8, 4) is 0 Å². The van der Waals surface area contributed by atoms with Gasteiger partial charge in [-0.2, -0.15) is 0 Å². The molecule has 102 valence electrons. The van der Waals surface area contributed by atoms with E-state index in [2.05, 4.69) is 12.2 Å². The fourth-order valence-corrected chi connectivity index (χ4v) is 3.18. The first-order chi connectivity index (χ1) is 8.70. The fraction of sp³-hybridized carbons (Fsp3) is 0.600. The van der Waals surface area contributed by atoms with Gasteiger partial charge in [0, 0.05) is 16.5 Å². The molecule has 0 spiro atoms. The average molecular weight is 269 g/mol. The second kappa shape index (κ2) is 8.54. The molecule has 1 N–H and O–H groups in total. The van der Waals surface area contributed by atoms with Crippen molar-refractivity contribution in [2.24, 2.45) is 0 Å². The van der Waals surface area contributed by atoms with Gasteiger partial charge < -0.3 is 5.32 Å². The minimum absolute atomic E-state index is 0.0740. The summed E-state index contributed by atoms with van der Waals surface area (Å²) in [5.74, 6) is 0.979. The van der Waals surface area contributed by atoms with Crippen LogP contribution in [0.4, 0.5) is 4.39 Å². The van der Waals surface area contributed by atoms with E-state index in [1.807, 2.05) is 19.9 Å². The molecule has 0 bridgehead atoms. The van der Waals surface area contributed by atoms with Crippen molar-refractivity contribution in [2.75, 3.05) is 12.3 Å². The molecule has 0 amide bonds. The molecule has 0 heterocycles. The molecule has 1 unspecified atom stereocenters. The summed E-state index contributed by atoms with van der Waals surface area (Å²) in [5, 5.41) is 3.29. The van der Waals surface area contributed by atoms with Gasteiger partial charge in [0.2, 0.25) is 0 Å². The van der Waals surface area contributed by atoms with Gasteiger partial charge in [0.1, 0.15) is 5.82 Å². The molecule has 0 radical (unpaired) electrons. The lowest BCUT2D eigenvalue weighted by Crippen LogP contribution is -2.19. The number of unbranched alkanes of at least 4 members (excludes halogenated alkanes) is 2. The Kier molecular flexibility index (Phi) is 7.36. The molecule has 1 atom stereocenters. The number of nitrogens with one attached hydrogen (secondary N) is 1. The normalized spacial score (nSPS) is 12.7. The van der Waals surface area contributed by atoms with Crippen LogP contribution in [0.3, 0.4) is 0 Å². The van der Waals surface area contributed by atoms with Gasteiger partial charge in [0.05, 0.1) is 0 Å². The maximum absolute atomic E-state index is 13.9. The van der Waals surface area contributed by atoms with Crippen molar-refractivity contribution < 1.29 is 4.39 Å². The van der Waals surface area contributed by atoms with Gasteiger partial charge in [0.15, 0.2) is 0 Å². The molecule has 1 aromatic carbocycles. The first-order valence-electron chi connectivity index (χ1n) is 6.85. The Hall–Kier alpha value is -0.540. The molecule has 1 rings (SSSR count). The van der Waals surface area contributed by atoms with Crippen LogP contribution in [0.5, 0.6) is 0 Å². The van der Waals surface area contributed by atoms with Crippen molar-refractivity contribution in [1.82, 2.24) is 5.32 Å². The first kappa shape index (κ1) is 15.5. The van der Waals surface area contributed by atoms with Crippen molar-refractivity contribution in [3.63, 3.8) is 0 Å². The number of halogens is 1. The topological polar surface area (TPSA) is 12.0 Å². The minimum atomic E-state index is -0.0936. The third-order valence-corrected chi connectivity index (χ3v) is 4.12. The third-order valence-electron chi connectivity index (χ3n) is 2.96. The van der Waals surface area contributed by atoms with Crippen LogP contribution in [0.25, 0.3) is 0 Å². The highest BCUT2D eigenvalue weighted by Crippen LogP contribution is 2.30. The molecule has 3 heteroatoms. The van der Waals surface area contributed by atoms with Gasteiger partial charge in [-0.1, -0.05) is 32.8 Å². The predicted molar refractivity (Wildman–Crippen MR) is 78.7 cm³/mol. The van der Waals surface area contributed by atoms with Gasteiger partial charge in [0.25, 0.3) is 0 Å². The summed E-state index contributed by atoms with van der Waals surface area (Å²) in [6, 6.07) is 5.46. The predicted octanol–water partition coefficient (Wildman–Crippen LogP) is 4.78. The van der Waals surface area contributed by atoms with E-state index in [0.29, 0.717) is 0 Å². The molecule has 1 aromatic rings. The summed E-state index contributed by atoms with van der Waals surface area (Å²) in [7, 11) is 0. The standard InChI is InChI=1S/C15H24FNS/c1-4-6-7-11-18-14-10-8-9-13(16)15(14)12(3)17-5-2/h8-10,12,17H,4-7,11H2,1-3H3. The lowest BCUT2D eigenvalue weighted by molar-refractivity contribution is 0.531. The van der Waals surface area contributed by atoms with E-state index >= 15 is 0 Å². The second-order valence-corrected chi connectivity index (χ2v) is 5.62. The van der Waals surface area contributed by atoms with Crippen molar-refractivity contribution in [3.05, 3.63) is 29.6 Å². The molecule has 0 aliphatic carbocycles. The maximum Gasteiger partial charge on any atom is 0.129 e. The Morgan fingerprint density at radius 2 is 2.06 bits per heavy atom. The fourth-order valence-electron chi connectivity index (χ4n) is 2.01. The zero-order chi connectivity index (χ0) is 13.4. The molecular formula is C15H24FNS. The third kappa shape index (κ3) is 4.62. The van der Waals surface area contributed by atoms with Crippen LogP contribution in [0, 0.1) is 5.82 Å². The van der Waals surface area contributed by atoms with Crippen LogP contribution >= 0.6 is 11.8 Å². The Morgan fingerprint density at radius 1 is 1.28 bits per heavy atom. The Balaban J connectivity index is 2.73. The van der Waals surface area contributed by atoms with E-state index in [-0.39, 0.29) is 11.9 Å². The van der Waals surface area contributed by atoms with E-state index in [4.69, 9.17) is 0 Å². The number of hydrogen-bond donors (Lipinski definition) is 1. The van der Waals surface area contributed by atoms with Gasteiger partial charge in [-0.05, 0) is 37.8 Å². The van der Waals surface area contributed by atoms with Crippen molar-refractivity contribution in [2.45, 2.75) is 51.0 Å². The molecule has 0 fully saturated rings. The van der Waals surface area contributed by atoms with Crippen LogP contribution in [0.1, 0.15) is 51.6 Å². The lowest BCUT2D eigenvalue weighted by atomic mass is 10.1. The zero-order valence-corrected chi connectivity index (χ0v) is 12.4. The van der Waals surface area contributed by atoms with E-state index in [1.165, 1.54) is 19.3 Å². The molecule has 0 aromatic heterocycles. The van der Waals surface area contributed by atoms with Gasteiger partial charge in [-0.3, -0.25) is 0 Å². The van der Waals surface area contributed by atoms with E-state index in [9.17, 15) is 4.39 Å². The molecule has 0 aliphatic rings. The summed E-state index contributed by atoms with van der Waals surface area (Å²) in [5.41, 5.74) is 0.820. The summed E-state index contributed by atoms with van der Waals surface area (Å²) < 4.78 is 13.9. The van der Waals surface area contributed by atoms with Crippen LogP contribution in [-0.2, 0) is 0 Å². The van der Waals surface area contributed by atoms with Crippen LogP contribution in [-0.4, -0.2) is 12.3 Å². The van der Waals surface area contributed by atoms with Crippen molar-refractivity contribution in [1.29, 1.82) is 0 Å². The molecule has 1 nitrogen and oxygen atoms in total. The Morgan fingerprint density at radius 3 is 2.72 bits per heavy atom. The summed E-state index contributed by atoms with van der Waals surface area (Å²) in [4.78, 5) is 1.08. The summed E-state index contributed by atoms with van der Waals surface area (Å²) in [6.07, 6.45) is 3.68. The highest BCUT2D eigenvalue weighted by Gasteiger charge is 2.14. The number of thioether (sulfide) groups is 1. The SMILES string of the molecule is CCCCCSc1cccc(F)c1C(C)NCC. The number of benzene rings is 1. The average Bonchev–Trinajstić information content (AvgIpc) is 2.35. The van der Waals surface area contributed by atoms with E-state index in [0.717, 1.165) is 22.8 Å². The highest BCUT2D eigenvalue weighted by atomic mass is 32.2. The summed E-state index contributed by atoms with van der Waals surface area (Å²) >= 11 is 1.78. The lowest BCUT2D eigenvalue weighted by Gasteiger charge is -2.17. The Labute approximate surface area is 115 Å². The molecule has 0 saturated heterocycles. The van der Waals surface area contributed by atoms with E-state index < -0.39 is 0 Å². The quantitative estimate of drug-likeness (QED) is 0.538. The van der Waals surface area contributed by atoms with E-state index in [1.54, 1.807) is 23.9 Å². The number of rotatable bonds is 8. The maximum atomic E-state index is 13.9. The highest BCUT2D eigenvalue weighted by molar-refractivity contribution is 7.99. The van der Waals surface area contributed by atoms with Gasteiger partial charge in [-0.25, -0.2) is 4.39 Å². The molecule has 0 aliphatic heterocycles. The van der Waals surface area contributed by atoms with Crippen LogP contribution < -0.4 is 5.32 Å². The first-order valence-corrected chi connectivity index (χ1v) is 7.83. The minimum Gasteiger partial charge on any atom is -0.310 e. The molecular weight excluding hydrogens is 245 g/mol. The largest absolute Gasteiger partial charge is 0.310 e. The van der Waals surface area contributed by atoms with Gasteiger partial charge >= 0.3 is 0 Å². The van der Waals surface area contributed by atoms with Gasteiger partial charge in [-0.15, -0.1) is 11.8 Å². The summed E-state index contributed by atoms with van der Waals surface area (Å²) in [6.45, 7) is 7.13. The molecule has 18 heavy (non-hydrogen) atoms. The zero-order valence-electron chi connectivity index (χ0n) is 11.6. The second-order valence-electron chi connectivity index (χ2n) is 4.49. The van der Waals surface area contributed by atoms with Crippen LogP contribution in [0.15, 0.2) is 23.1 Å². The Bertz CT molecular complexity index is 354. The molecule has 0 saturated carbocycles. The smallest absolute Gasteiger partial charge is 0.129 e. The number of hydrogen-bond acceptors (Lipinski definition) is 2. The monoisotopic (exact) mass is 269 g/mol. The van der Waals surface area contributed by atoms with Crippen LogP contribution in [0.2, 0.25) is 0 Å².